The lowest BCUT2D eigenvalue weighted by molar-refractivity contribution is -0.125. The summed E-state index contributed by atoms with van der Waals surface area (Å²) in [5.41, 5.74) is 10.5. The van der Waals surface area contributed by atoms with Crippen LogP contribution in [0.25, 0.3) is 0 Å². The average Bonchev–Trinajstić information content (AvgIpc) is 2.67. The number of carbonyl (C=O) groups excluding carboxylic acids is 3. The molecule has 0 bridgehead atoms. The van der Waals surface area contributed by atoms with E-state index in [-0.39, 0.29) is 23.8 Å². The highest BCUT2D eigenvalue weighted by molar-refractivity contribution is 5.83. The van der Waals surface area contributed by atoms with E-state index in [4.69, 9.17) is 11.5 Å². The third-order valence-corrected chi connectivity index (χ3v) is 4.51. The van der Waals surface area contributed by atoms with Gasteiger partial charge >= 0.3 is 0 Å². The van der Waals surface area contributed by atoms with Crippen LogP contribution in [0.15, 0.2) is 4.99 Å². The minimum absolute atomic E-state index is 0.0115. The number of hydrogen-bond acceptors (Lipinski definition) is 4. The van der Waals surface area contributed by atoms with Crippen molar-refractivity contribution in [3.8, 4) is 0 Å². The molecule has 0 fully saturated rings. The van der Waals surface area contributed by atoms with E-state index in [0.717, 1.165) is 38.5 Å². The summed E-state index contributed by atoms with van der Waals surface area (Å²) in [7, 11) is 0. The maximum absolute atomic E-state index is 12.1. The molecule has 9 heteroatoms. The van der Waals surface area contributed by atoms with E-state index in [1.165, 1.54) is 0 Å². The molecule has 0 aromatic carbocycles. The third-order valence-electron chi connectivity index (χ3n) is 4.51. The molecule has 9 nitrogen and oxygen atoms in total. The molecule has 3 amide bonds. The fraction of sp³-hybridized carbons (Fsp3) is 0.789. The topological polar surface area (TPSA) is 152 Å². The number of nitrogens with two attached hydrogens (primary N) is 2. The van der Waals surface area contributed by atoms with Gasteiger partial charge in [0.1, 0.15) is 6.04 Å². The summed E-state index contributed by atoms with van der Waals surface area (Å²) in [6.07, 6.45) is 7.61. The second kappa shape index (κ2) is 16.8. The van der Waals surface area contributed by atoms with Gasteiger partial charge in [-0.05, 0) is 38.5 Å². The van der Waals surface area contributed by atoms with Crippen molar-refractivity contribution in [3.05, 3.63) is 0 Å². The van der Waals surface area contributed by atoms with Gasteiger partial charge in [0, 0.05) is 25.6 Å². The predicted octanol–water partition coefficient (Wildman–Crippen LogP) is 0.526. The molecule has 0 aromatic heterocycles. The summed E-state index contributed by atoms with van der Waals surface area (Å²) >= 11 is 0. The van der Waals surface area contributed by atoms with Crippen molar-refractivity contribution in [2.24, 2.45) is 16.5 Å². The van der Waals surface area contributed by atoms with E-state index in [2.05, 4.69) is 34.8 Å². The quantitative estimate of drug-likeness (QED) is 0.105. The van der Waals surface area contributed by atoms with Crippen LogP contribution in [-0.4, -0.2) is 49.4 Å². The average molecular weight is 399 g/mol. The van der Waals surface area contributed by atoms with Gasteiger partial charge in [-0.15, -0.1) is 0 Å². The van der Waals surface area contributed by atoms with Crippen LogP contribution in [0.1, 0.15) is 71.6 Å². The van der Waals surface area contributed by atoms with Crippen LogP contribution < -0.4 is 27.4 Å². The first-order valence-corrected chi connectivity index (χ1v) is 10.3. The van der Waals surface area contributed by atoms with E-state index in [0.29, 0.717) is 38.8 Å². The lowest BCUT2D eigenvalue weighted by Gasteiger charge is -2.15. The summed E-state index contributed by atoms with van der Waals surface area (Å²) in [6, 6.07) is -0.310. The normalized spacial score (nSPS) is 11.5. The van der Waals surface area contributed by atoms with Gasteiger partial charge in [-0.1, -0.05) is 26.7 Å². The monoisotopic (exact) mass is 398 g/mol. The lowest BCUT2D eigenvalue weighted by atomic mass is 10.1. The van der Waals surface area contributed by atoms with Crippen molar-refractivity contribution >= 4 is 24.2 Å². The molecule has 0 saturated carbocycles. The van der Waals surface area contributed by atoms with Crippen molar-refractivity contribution in [3.63, 3.8) is 0 Å². The number of nitrogens with zero attached hydrogens (tertiary/aromatic N) is 1. The lowest BCUT2D eigenvalue weighted by Crippen LogP contribution is -2.44. The van der Waals surface area contributed by atoms with Crippen molar-refractivity contribution in [1.29, 1.82) is 0 Å². The summed E-state index contributed by atoms with van der Waals surface area (Å²) in [6.45, 7) is 5.10. The third kappa shape index (κ3) is 13.8. The van der Waals surface area contributed by atoms with Crippen LogP contribution in [0.4, 0.5) is 0 Å². The second-order valence-corrected chi connectivity index (χ2v) is 6.82. The van der Waals surface area contributed by atoms with Crippen molar-refractivity contribution < 1.29 is 14.4 Å². The Bertz CT molecular complexity index is 476. The van der Waals surface area contributed by atoms with Crippen LogP contribution in [0.2, 0.25) is 0 Å². The van der Waals surface area contributed by atoms with Crippen molar-refractivity contribution in [1.82, 2.24) is 16.0 Å². The summed E-state index contributed by atoms with van der Waals surface area (Å²) in [5, 5.41) is 8.39. The molecule has 0 radical (unpaired) electrons. The molecule has 7 N–H and O–H groups in total. The molecule has 0 aliphatic carbocycles. The van der Waals surface area contributed by atoms with E-state index < -0.39 is 6.04 Å². The van der Waals surface area contributed by atoms with Gasteiger partial charge in [0.25, 0.3) is 0 Å². The zero-order valence-corrected chi connectivity index (χ0v) is 17.3. The largest absolute Gasteiger partial charge is 0.370 e. The minimum atomic E-state index is -0.583. The van der Waals surface area contributed by atoms with Crippen molar-refractivity contribution in [2.75, 3.05) is 13.1 Å². The van der Waals surface area contributed by atoms with Crippen LogP contribution in [0, 0.1) is 0 Å². The van der Waals surface area contributed by atoms with E-state index in [1.54, 1.807) is 0 Å². The van der Waals surface area contributed by atoms with Gasteiger partial charge in [0.15, 0.2) is 5.96 Å². The smallest absolute Gasteiger partial charge is 0.242 e. The SMILES string of the molecule is CCC(CC)NC(=O)CCCCCCNC(=O)C(CCCN=C(N)N)NC=O. The number of carbonyl (C=O) groups is 3. The van der Waals surface area contributed by atoms with E-state index in [1.807, 2.05) is 0 Å². The zero-order valence-electron chi connectivity index (χ0n) is 17.3. The van der Waals surface area contributed by atoms with Gasteiger partial charge in [-0.25, -0.2) is 0 Å². The number of aliphatic imine (C=N–C) groups is 1. The van der Waals surface area contributed by atoms with Gasteiger partial charge < -0.3 is 27.4 Å². The molecule has 0 heterocycles. The summed E-state index contributed by atoms with van der Waals surface area (Å²) < 4.78 is 0. The Labute approximate surface area is 168 Å². The van der Waals surface area contributed by atoms with Crippen LogP contribution in [0.5, 0.6) is 0 Å². The fourth-order valence-electron chi connectivity index (χ4n) is 2.77. The van der Waals surface area contributed by atoms with Gasteiger partial charge in [0.2, 0.25) is 18.2 Å². The van der Waals surface area contributed by atoms with Gasteiger partial charge in [-0.2, -0.15) is 0 Å². The Morgan fingerprint density at radius 2 is 1.71 bits per heavy atom. The highest BCUT2D eigenvalue weighted by Crippen LogP contribution is 2.04. The van der Waals surface area contributed by atoms with Gasteiger partial charge in [-0.3, -0.25) is 19.4 Å². The molecular weight excluding hydrogens is 360 g/mol. The predicted molar refractivity (Wildman–Crippen MR) is 112 cm³/mol. The Morgan fingerprint density at radius 3 is 2.32 bits per heavy atom. The number of nitrogens with one attached hydrogen (secondary N) is 3. The molecule has 0 aliphatic heterocycles. The van der Waals surface area contributed by atoms with Crippen molar-refractivity contribution in [2.45, 2.75) is 83.7 Å². The summed E-state index contributed by atoms with van der Waals surface area (Å²) in [5.74, 6) is -0.0794. The van der Waals surface area contributed by atoms with E-state index in [9.17, 15) is 14.4 Å². The number of guanidine groups is 1. The molecule has 0 aromatic rings. The maximum Gasteiger partial charge on any atom is 0.242 e. The highest BCUT2D eigenvalue weighted by Gasteiger charge is 2.16. The molecule has 0 aliphatic rings. The zero-order chi connectivity index (χ0) is 21.2. The molecular formula is C19H38N6O3. The second-order valence-electron chi connectivity index (χ2n) is 6.82. The first-order valence-electron chi connectivity index (χ1n) is 10.3. The summed E-state index contributed by atoms with van der Waals surface area (Å²) in [4.78, 5) is 38.5. The first-order chi connectivity index (χ1) is 13.4. The molecule has 0 spiro atoms. The Morgan fingerprint density at radius 1 is 1.04 bits per heavy atom. The number of amides is 3. The Balaban J connectivity index is 3.86. The minimum Gasteiger partial charge on any atom is -0.370 e. The van der Waals surface area contributed by atoms with Gasteiger partial charge in [0.05, 0.1) is 0 Å². The molecule has 1 unspecified atom stereocenters. The number of unbranched alkanes of at least 4 members (excludes halogenated alkanes) is 3. The Hall–Kier alpha value is -2.32. The van der Waals surface area contributed by atoms with Crippen LogP contribution >= 0.6 is 0 Å². The Kier molecular flexibility index (Phi) is 15.4. The number of rotatable bonds is 17. The van der Waals surface area contributed by atoms with Crippen LogP contribution in [-0.2, 0) is 14.4 Å². The molecule has 162 valence electrons. The first kappa shape index (κ1) is 25.7. The molecule has 0 saturated heterocycles. The maximum atomic E-state index is 12.1. The van der Waals surface area contributed by atoms with Crippen LogP contribution in [0.3, 0.4) is 0 Å². The van der Waals surface area contributed by atoms with E-state index >= 15 is 0 Å². The standard InChI is InChI=1S/C19H38N6O3/c1-3-15(4-2)25-17(27)11-7-5-6-8-12-22-18(28)16(24-14-26)10-9-13-23-19(20)21/h14-16H,3-13H2,1-2H3,(H,22,28)(H,24,26)(H,25,27)(H4,20,21,23). The molecule has 28 heavy (non-hydrogen) atoms. The number of hydrogen-bond donors (Lipinski definition) is 5. The fourth-order valence-corrected chi connectivity index (χ4v) is 2.77. The molecule has 1 atom stereocenters. The highest BCUT2D eigenvalue weighted by atomic mass is 16.2. The molecule has 0 rings (SSSR count).